The largest absolute Gasteiger partial charge is 0.481 e. The summed E-state index contributed by atoms with van der Waals surface area (Å²) < 4.78 is 5.53. The topological polar surface area (TPSA) is 62.1 Å². The zero-order valence-electron chi connectivity index (χ0n) is 11.0. The first-order valence-corrected chi connectivity index (χ1v) is 6.22. The molecule has 1 N–H and O–H groups in total. The van der Waals surface area contributed by atoms with E-state index in [0.717, 1.165) is 0 Å². The number of amides is 1. The monoisotopic (exact) mass is 266 g/mol. The Hall–Kier alpha value is -2.80. The van der Waals surface area contributed by atoms with E-state index in [4.69, 9.17) is 10.00 Å². The van der Waals surface area contributed by atoms with Crippen molar-refractivity contribution in [2.45, 2.75) is 13.0 Å². The van der Waals surface area contributed by atoms with E-state index >= 15 is 0 Å². The average Bonchev–Trinajstić information content (AvgIpc) is 2.48. The summed E-state index contributed by atoms with van der Waals surface area (Å²) in [5.41, 5.74) is 0.913. The predicted octanol–water partition coefficient (Wildman–Crippen LogP) is 2.96. The number of ether oxygens (including phenoxy) is 1. The Morgan fingerprint density at radius 2 is 1.80 bits per heavy atom. The van der Waals surface area contributed by atoms with Crippen molar-refractivity contribution in [3.8, 4) is 11.8 Å². The van der Waals surface area contributed by atoms with Crippen molar-refractivity contribution in [2.75, 3.05) is 5.32 Å². The summed E-state index contributed by atoms with van der Waals surface area (Å²) in [6.45, 7) is 1.66. The van der Waals surface area contributed by atoms with Gasteiger partial charge in [0.1, 0.15) is 11.8 Å². The van der Waals surface area contributed by atoms with Crippen LogP contribution in [0.4, 0.5) is 5.69 Å². The average molecular weight is 266 g/mol. The first-order valence-electron chi connectivity index (χ1n) is 6.22. The molecule has 0 heterocycles. The SMILES string of the molecule is C[C@@H](Oc1ccccc1)C(=O)Nc1ccccc1C#N. The van der Waals surface area contributed by atoms with Crippen molar-refractivity contribution >= 4 is 11.6 Å². The van der Waals surface area contributed by atoms with Gasteiger partial charge in [-0.05, 0) is 31.2 Å². The summed E-state index contributed by atoms with van der Waals surface area (Å²) in [6, 6.07) is 18.0. The third-order valence-electron chi connectivity index (χ3n) is 2.73. The Morgan fingerprint density at radius 3 is 2.50 bits per heavy atom. The molecule has 0 aliphatic rings. The van der Waals surface area contributed by atoms with Crippen LogP contribution in [0.2, 0.25) is 0 Å². The van der Waals surface area contributed by atoms with E-state index in [2.05, 4.69) is 5.32 Å². The second kappa shape index (κ2) is 6.39. The van der Waals surface area contributed by atoms with Crippen LogP contribution < -0.4 is 10.1 Å². The number of carbonyl (C=O) groups is 1. The van der Waals surface area contributed by atoms with E-state index in [1.54, 1.807) is 43.3 Å². The molecule has 100 valence electrons. The number of anilines is 1. The molecule has 0 aliphatic heterocycles. The molecule has 2 aromatic carbocycles. The molecular weight excluding hydrogens is 252 g/mol. The fourth-order valence-electron chi connectivity index (χ4n) is 1.68. The van der Waals surface area contributed by atoms with Gasteiger partial charge in [-0.15, -0.1) is 0 Å². The Balaban J connectivity index is 2.03. The summed E-state index contributed by atoms with van der Waals surface area (Å²) in [6.07, 6.45) is -0.649. The van der Waals surface area contributed by atoms with Crippen LogP contribution in [0, 0.1) is 11.3 Å². The molecule has 0 bridgehead atoms. The van der Waals surface area contributed by atoms with Crippen LogP contribution in [0.25, 0.3) is 0 Å². The zero-order valence-corrected chi connectivity index (χ0v) is 11.0. The Bertz CT molecular complexity index is 632. The predicted molar refractivity (Wildman–Crippen MR) is 76.3 cm³/mol. The molecule has 4 nitrogen and oxygen atoms in total. The molecule has 4 heteroatoms. The first-order chi connectivity index (χ1) is 9.70. The van der Waals surface area contributed by atoms with E-state index in [9.17, 15) is 4.79 Å². The molecule has 0 saturated heterocycles. The highest BCUT2D eigenvalue weighted by atomic mass is 16.5. The highest BCUT2D eigenvalue weighted by Gasteiger charge is 2.15. The molecule has 0 radical (unpaired) electrons. The smallest absolute Gasteiger partial charge is 0.265 e. The molecule has 0 saturated carbocycles. The molecular formula is C16H14N2O2. The zero-order chi connectivity index (χ0) is 14.4. The number of nitrogens with one attached hydrogen (secondary N) is 1. The lowest BCUT2D eigenvalue weighted by Crippen LogP contribution is -2.30. The van der Waals surface area contributed by atoms with Crippen molar-refractivity contribution in [1.29, 1.82) is 5.26 Å². The standard InChI is InChI=1S/C16H14N2O2/c1-12(20-14-8-3-2-4-9-14)16(19)18-15-10-6-5-7-13(15)11-17/h2-10,12H,1H3,(H,18,19)/t12-/m1/s1. The fourth-order valence-corrected chi connectivity index (χ4v) is 1.68. The fraction of sp³-hybridized carbons (Fsp3) is 0.125. The summed E-state index contributed by atoms with van der Waals surface area (Å²) in [5, 5.41) is 11.7. The van der Waals surface area contributed by atoms with Crippen LogP contribution in [0.5, 0.6) is 5.75 Å². The maximum atomic E-state index is 12.0. The number of benzene rings is 2. The van der Waals surface area contributed by atoms with Gasteiger partial charge in [0.25, 0.3) is 5.91 Å². The second-order valence-corrected chi connectivity index (χ2v) is 4.22. The lowest BCUT2D eigenvalue weighted by atomic mass is 10.2. The van der Waals surface area contributed by atoms with E-state index in [0.29, 0.717) is 17.0 Å². The summed E-state index contributed by atoms with van der Waals surface area (Å²) in [4.78, 5) is 12.0. The Labute approximate surface area is 117 Å². The highest BCUT2D eigenvalue weighted by molar-refractivity contribution is 5.95. The molecule has 2 aromatic rings. The molecule has 1 amide bonds. The van der Waals surface area contributed by atoms with Crippen molar-refractivity contribution in [3.05, 3.63) is 60.2 Å². The summed E-state index contributed by atoms with van der Waals surface area (Å²) >= 11 is 0. The number of rotatable bonds is 4. The number of hydrogen-bond acceptors (Lipinski definition) is 3. The molecule has 2 rings (SSSR count). The van der Waals surface area contributed by atoms with E-state index < -0.39 is 6.10 Å². The van der Waals surface area contributed by atoms with Crippen LogP contribution in [-0.4, -0.2) is 12.0 Å². The molecule has 0 fully saturated rings. The number of nitriles is 1. The first kappa shape index (κ1) is 13.6. The number of hydrogen-bond donors (Lipinski definition) is 1. The number of para-hydroxylation sites is 2. The Morgan fingerprint density at radius 1 is 1.15 bits per heavy atom. The van der Waals surface area contributed by atoms with Gasteiger partial charge in [0.15, 0.2) is 6.10 Å². The van der Waals surface area contributed by atoms with Crippen LogP contribution in [0.15, 0.2) is 54.6 Å². The van der Waals surface area contributed by atoms with Gasteiger partial charge in [0.05, 0.1) is 11.3 Å². The van der Waals surface area contributed by atoms with Crippen molar-refractivity contribution in [1.82, 2.24) is 0 Å². The van der Waals surface area contributed by atoms with Crippen LogP contribution in [0.3, 0.4) is 0 Å². The van der Waals surface area contributed by atoms with Gasteiger partial charge in [-0.2, -0.15) is 5.26 Å². The van der Waals surface area contributed by atoms with Crippen molar-refractivity contribution in [2.24, 2.45) is 0 Å². The molecule has 0 unspecified atom stereocenters. The van der Waals surface area contributed by atoms with E-state index in [1.807, 2.05) is 24.3 Å². The number of carbonyl (C=O) groups excluding carboxylic acids is 1. The molecule has 1 atom stereocenters. The minimum absolute atomic E-state index is 0.295. The van der Waals surface area contributed by atoms with Crippen LogP contribution in [-0.2, 0) is 4.79 Å². The molecule has 20 heavy (non-hydrogen) atoms. The lowest BCUT2D eigenvalue weighted by molar-refractivity contribution is -0.122. The maximum absolute atomic E-state index is 12.0. The van der Waals surface area contributed by atoms with E-state index in [1.165, 1.54) is 0 Å². The molecule has 0 aromatic heterocycles. The molecule has 0 aliphatic carbocycles. The van der Waals surface area contributed by atoms with Crippen molar-refractivity contribution < 1.29 is 9.53 Å². The quantitative estimate of drug-likeness (QED) is 0.925. The van der Waals surface area contributed by atoms with Crippen LogP contribution in [0.1, 0.15) is 12.5 Å². The summed E-state index contributed by atoms with van der Waals surface area (Å²) in [7, 11) is 0. The van der Waals surface area contributed by atoms with Gasteiger partial charge in [-0.25, -0.2) is 0 Å². The van der Waals surface area contributed by atoms with Gasteiger partial charge < -0.3 is 10.1 Å². The van der Waals surface area contributed by atoms with Gasteiger partial charge in [0.2, 0.25) is 0 Å². The van der Waals surface area contributed by atoms with Gasteiger partial charge >= 0.3 is 0 Å². The normalized spacial score (nSPS) is 11.2. The van der Waals surface area contributed by atoms with Crippen molar-refractivity contribution in [3.63, 3.8) is 0 Å². The lowest BCUT2D eigenvalue weighted by Gasteiger charge is -2.15. The van der Waals surface area contributed by atoms with Crippen LogP contribution >= 0.6 is 0 Å². The third kappa shape index (κ3) is 3.36. The minimum Gasteiger partial charge on any atom is -0.481 e. The number of nitrogens with zero attached hydrogens (tertiary/aromatic N) is 1. The third-order valence-corrected chi connectivity index (χ3v) is 2.73. The van der Waals surface area contributed by atoms with Gasteiger partial charge in [-0.1, -0.05) is 30.3 Å². The maximum Gasteiger partial charge on any atom is 0.265 e. The van der Waals surface area contributed by atoms with E-state index in [-0.39, 0.29) is 5.91 Å². The van der Waals surface area contributed by atoms with Gasteiger partial charge in [-0.3, -0.25) is 4.79 Å². The summed E-state index contributed by atoms with van der Waals surface area (Å²) in [5.74, 6) is 0.334. The minimum atomic E-state index is -0.649. The molecule has 0 spiro atoms. The van der Waals surface area contributed by atoms with Gasteiger partial charge in [0, 0.05) is 0 Å². The highest BCUT2D eigenvalue weighted by Crippen LogP contribution is 2.15. The Kier molecular flexibility index (Phi) is 4.35. The second-order valence-electron chi connectivity index (χ2n) is 4.22.